The largest absolute Gasteiger partial charge is 0.375 e. The van der Waals surface area contributed by atoms with Gasteiger partial charge in [0.15, 0.2) is 0 Å². The molecule has 0 aliphatic carbocycles. The van der Waals surface area contributed by atoms with E-state index in [4.69, 9.17) is 4.74 Å². The third kappa shape index (κ3) is 3.39. The predicted molar refractivity (Wildman–Crippen MR) is 88.3 cm³/mol. The van der Waals surface area contributed by atoms with E-state index in [-0.39, 0.29) is 30.5 Å². The van der Waals surface area contributed by atoms with E-state index in [1.807, 2.05) is 43.0 Å². The normalized spacial score (nSPS) is 25.0. The van der Waals surface area contributed by atoms with Gasteiger partial charge in [0.05, 0.1) is 18.8 Å². The minimum absolute atomic E-state index is 0.00213. The molecule has 5 nitrogen and oxygen atoms in total. The molecule has 0 unspecified atom stereocenters. The number of ether oxygens (including phenoxy) is 1. The number of nitrogens with zero attached hydrogens (tertiary/aromatic N) is 2. The molecule has 0 N–H and O–H groups in total. The highest BCUT2D eigenvalue weighted by molar-refractivity contribution is 5.99. The zero-order valence-corrected chi connectivity index (χ0v) is 13.8. The molecule has 2 atom stereocenters. The summed E-state index contributed by atoms with van der Waals surface area (Å²) in [7, 11) is 0. The van der Waals surface area contributed by atoms with Crippen LogP contribution in [0.25, 0.3) is 0 Å². The van der Waals surface area contributed by atoms with Crippen molar-refractivity contribution in [2.45, 2.75) is 45.3 Å². The third-order valence-electron chi connectivity index (χ3n) is 4.64. The monoisotopic (exact) mass is 316 g/mol. The Morgan fingerprint density at radius 3 is 2.87 bits per heavy atom. The number of anilines is 1. The summed E-state index contributed by atoms with van der Waals surface area (Å²) in [5.41, 5.74) is 2.03. The van der Waals surface area contributed by atoms with Gasteiger partial charge in [0.25, 0.3) is 0 Å². The number of carbonyl (C=O) groups excluding carboxylic acids is 2. The van der Waals surface area contributed by atoms with Crippen LogP contribution in [0, 0.1) is 0 Å². The topological polar surface area (TPSA) is 49.9 Å². The number of hydrogen-bond donors (Lipinski definition) is 0. The second-order valence-corrected chi connectivity index (χ2v) is 6.50. The van der Waals surface area contributed by atoms with Gasteiger partial charge in [-0.2, -0.15) is 0 Å². The standard InChI is InChI=1S/C18H24N2O3/c1-13-12-23-14(2)10-19(13)18(22)11-20-16-8-4-3-6-15(16)7-5-9-17(20)21/h3-4,6,8,13-14H,5,7,9-12H2,1-2H3/t13-,14+/m0/s1. The average Bonchev–Trinajstić information content (AvgIpc) is 2.69. The predicted octanol–water partition coefficient (Wildman–Crippen LogP) is 1.99. The van der Waals surface area contributed by atoms with Crippen molar-refractivity contribution in [3.8, 4) is 0 Å². The first-order valence-electron chi connectivity index (χ1n) is 8.35. The summed E-state index contributed by atoms with van der Waals surface area (Å²) in [4.78, 5) is 28.7. The van der Waals surface area contributed by atoms with Crippen LogP contribution in [0.1, 0.15) is 32.3 Å². The smallest absolute Gasteiger partial charge is 0.243 e. The van der Waals surface area contributed by atoms with Crippen LogP contribution >= 0.6 is 0 Å². The Morgan fingerprint density at radius 1 is 1.26 bits per heavy atom. The zero-order chi connectivity index (χ0) is 16.4. The maximum atomic E-state index is 12.8. The van der Waals surface area contributed by atoms with Crippen LogP contribution in [0.3, 0.4) is 0 Å². The van der Waals surface area contributed by atoms with Crippen LogP contribution in [0.15, 0.2) is 24.3 Å². The molecule has 0 aromatic heterocycles. The van der Waals surface area contributed by atoms with Gasteiger partial charge in [-0.3, -0.25) is 9.59 Å². The molecule has 2 aliphatic rings. The first-order valence-corrected chi connectivity index (χ1v) is 8.35. The average molecular weight is 316 g/mol. The summed E-state index contributed by atoms with van der Waals surface area (Å²) < 4.78 is 5.58. The number of para-hydroxylation sites is 1. The number of rotatable bonds is 2. The fraction of sp³-hybridized carbons (Fsp3) is 0.556. The molecule has 124 valence electrons. The molecule has 1 saturated heterocycles. The van der Waals surface area contributed by atoms with Gasteiger partial charge >= 0.3 is 0 Å². The number of carbonyl (C=O) groups is 2. The molecule has 1 aromatic rings. The molecule has 5 heteroatoms. The number of aryl methyl sites for hydroxylation is 1. The molecule has 0 bridgehead atoms. The van der Waals surface area contributed by atoms with E-state index in [0.29, 0.717) is 19.6 Å². The van der Waals surface area contributed by atoms with Crippen molar-refractivity contribution in [2.24, 2.45) is 0 Å². The molecule has 1 fully saturated rings. The second kappa shape index (κ2) is 6.71. The number of hydrogen-bond acceptors (Lipinski definition) is 3. The lowest BCUT2D eigenvalue weighted by Crippen LogP contribution is -2.53. The molecule has 1 aromatic carbocycles. The van der Waals surface area contributed by atoms with E-state index in [2.05, 4.69) is 0 Å². The van der Waals surface area contributed by atoms with Crippen molar-refractivity contribution in [3.63, 3.8) is 0 Å². The van der Waals surface area contributed by atoms with Crippen molar-refractivity contribution in [3.05, 3.63) is 29.8 Å². The third-order valence-corrected chi connectivity index (χ3v) is 4.64. The van der Waals surface area contributed by atoms with Gasteiger partial charge in [-0.25, -0.2) is 0 Å². The van der Waals surface area contributed by atoms with Crippen molar-refractivity contribution < 1.29 is 14.3 Å². The molecule has 0 saturated carbocycles. The van der Waals surface area contributed by atoms with Crippen LogP contribution in [0.2, 0.25) is 0 Å². The van der Waals surface area contributed by atoms with E-state index in [1.54, 1.807) is 4.90 Å². The summed E-state index contributed by atoms with van der Waals surface area (Å²) >= 11 is 0. The van der Waals surface area contributed by atoms with Gasteiger partial charge in [0, 0.05) is 18.7 Å². The van der Waals surface area contributed by atoms with Crippen molar-refractivity contribution in [2.75, 3.05) is 24.6 Å². The molecular weight excluding hydrogens is 292 g/mol. The number of amides is 2. The highest BCUT2D eigenvalue weighted by Crippen LogP contribution is 2.27. The number of benzene rings is 1. The van der Waals surface area contributed by atoms with E-state index < -0.39 is 0 Å². The second-order valence-electron chi connectivity index (χ2n) is 6.50. The van der Waals surface area contributed by atoms with Crippen LogP contribution in [-0.4, -0.2) is 48.6 Å². The van der Waals surface area contributed by atoms with Gasteiger partial charge in [0.2, 0.25) is 11.8 Å². The molecule has 2 heterocycles. The first-order chi connectivity index (χ1) is 11.1. The SMILES string of the molecule is C[C@@H]1CN(C(=O)CN2C(=O)CCCc3ccccc32)[C@@H](C)CO1. The van der Waals surface area contributed by atoms with Gasteiger partial charge in [-0.1, -0.05) is 18.2 Å². The zero-order valence-electron chi connectivity index (χ0n) is 13.8. The highest BCUT2D eigenvalue weighted by Gasteiger charge is 2.31. The molecule has 23 heavy (non-hydrogen) atoms. The lowest BCUT2D eigenvalue weighted by molar-refractivity contribution is -0.142. The fourth-order valence-corrected chi connectivity index (χ4v) is 3.34. The minimum Gasteiger partial charge on any atom is -0.375 e. The summed E-state index contributed by atoms with van der Waals surface area (Å²) in [6.45, 7) is 5.22. The van der Waals surface area contributed by atoms with Crippen molar-refractivity contribution in [1.29, 1.82) is 0 Å². The quantitative estimate of drug-likeness (QED) is 0.838. The maximum Gasteiger partial charge on any atom is 0.243 e. The summed E-state index contributed by atoms with van der Waals surface area (Å²) in [6.07, 6.45) is 2.27. The van der Waals surface area contributed by atoms with Gasteiger partial charge in [-0.15, -0.1) is 0 Å². The van der Waals surface area contributed by atoms with Crippen LogP contribution in [0.4, 0.5) is 5.69 Å². The van der Waals surface area contributed by atoms with E-state index in [1.165, 1.54) is 0 Å². The van der Waals surface area contributed by atoms with Crippen LogP contribution in [0.5, 0.6) is 0 Å². The van der Waals surface area contributed by atoms with E-state index in [9.17, 15) is 9.59 Å². The summed E-state index contributed by atoms with van der Waals surface area (Å²) in [5, 5.41) is 0. The molecular formula is C18H24N2O3. The fourth-order valence-electron chi connectivity index (χ4n) is 3.34. The maximum absolute atomic E-state index is 12.8. The van der Waals surface area contributed by atoms with Gasteiger partial charge < -0.3 is 14.5 Å². The molecule has 2 aliphatic heterocycles. The highest BCUT2D eigenvalue weighted by atomic mass is 16.5. The number of fused-ring (bicyclic) bond motifs is 1. The summed E-state index contributed by atoms with van der Waals surface area (Å²) in [5.74, 6) is 0.0370. The minimum atomic E-state index is -0.00213. The lowest BCUT2D eigenvalue weighted by atomic mass is 10.1. The van der Waals surface area contributed by atoms with Crippen molar-refractivity contribution in [1.82, 2.24) is 4.90 Å². The lowest BCUT2D eigenvalue weighted by Gasteiger charge is -2.38. The van der Waals surface area contributed by atoms with Crippen molar-refractivity contribution >= 4 is 17.5 Å². The number of morpholine rings is 1. The van der Waals surface area contributed by atoms with Gasteiger partial charge in [-0.05, 0) is 38.3 Å². The Hall–Kier alpha value is -1.88. The Labute approximate surface area is 137 Å². The van der Waals surface area contributed by atoms with Crippen LogP contribution < -0.4 is 4.90 Å². The van der Waals surface area contributed by atoms with Gasteiger partial charge in [0.1, 0.15) is 6.54 Å². The Kier molecular flexibility index (Phi) is 4.66. The van der Waals surface area contributed by atoms with Crippen LogP contribution in [-0.2, 0) is 20.7 Å². The molecule has 0 spiro atoms. The Morgan fingerprint density at radius 2 is 2.04 bits per heavy atom. The molecule has 0 radical (unpaired) electrons. The Bertz CT molecular complexity index is 602. The first kappa shape index (κ1) is 16.0. The Balaban J connectivity index is 1.80. The molecule has 2 amide bonds. The van der Waals surface area contributed by atoms with E-state index >= 15 is 0 Å². The van der Waals surface area contributed by atoms with E-state index in [0.717, 1.165) is 24.1 Å². The summed E-state index contributed by atoms with van der Waals surface area (Å²) in [6, 6.07) is 7.95. The molecule has 3 rings (SSSR count).